The van der Waals surface area contributed by atoms with Crippen LogP contribution >= 0.6 is 0 Å². The fraction of sp³-hybridized carbons (Fsp3) is 0.941. The van der Waals surface area contributed by atoms with Crippen LogP contribution in [-0.4, -0.2) is 72.4 Å². The number of esters is 6. The number of ether oxygens (including phenoxy) is 6. The Hall–Kier alpha value is -3.18. The maximum atomic E-state index is 11.7. The summed E-state index contributed by atoms with van der Waals surface area (Å²) in [6, 6.07) is 0. The Morgan fingerprint density at radius 1 is 0.140 bits per heavy atom. The molecule has 0 saturated carbocycles. The van der Waals surface area contributed by atoms with Gasteiger partial charge in [0.05, 0.1) is 0 Å². The van der Waals surface area contributed by atoms with Gasteiger partial charge in [-0.2, -0.15) is 0 Å². The van der Waals surface area contributed by atoms with Crippen molar-refractivity contribution in [3.8, 4) is 0 Å². The van der Waals surface area contributed by atoms with Crippen molar-refractivity contribution in [1.82, 2.24) is 0 Å². The maximum Gasteiger partial charge on any atom is 0.306 e. The molecule has 6 atom stereocenters. The molecule has 0 saturated heterocycles. The van der Waals surface area contributed by atoms with Crippen LogP contribution in [-0.2, 0) is 57.2 Å². The monoisotopic (exact) mass is 1620 g/mol. The summed E-state index contributed by atoms with van der Waals surface area (Å²) in [7, 11) is 0. The summed E-state index contributed by atoms with van der Waals surface area (Å²) in [5.41, 5.74) is 0. The molecule has 0 aliphatic carbocycles. The summed E-state index contributed by atoms with van der Waals surface area (Å²) in [6.45, 7) is 39.2. The topological polar surface area (TPSA) is 158 Å². The summed E-state index contributed by atoms with van der Waals surface area (Å²) in [4.78, 5) is 70.3. The largest absolute Gasteiger partial charge is 0.462 e. The number of hydrogen-bond acceptors (Lipinski definition) is 12. The van der Waals surface area contributed by atoms with Gasteiger partial charge in [0.15, 0.2) is 0 Å². The van der Waals surface area contributed by atoms with Gasteiger partial charge in [0, 0.05) is 38.5 Å². The molecule has 0 rings (SSSR count). The summed E-state index contributed by atoms with van der Waals surface area (Å²) in [5.74, 6) is 0.0769. The van der Waals surface area contributed by atoms with E-state index in [-0.39, 0.29) is 72.4 Å². The lowest BCUT2D eigenvalue weighted by molar-refractivity contribution is -0.150. The van der Waals surface area contributed by atoms with E-state index in [2.05, 4.69) is 125 Å². The lowest BCUT2D eigenvalue weighted by atomic mass is 10.1. The van der Waals surface area contributed by atoms with Crippen molar-refractivity contribution in [2.45, 2.75) is 624 Å². The molecule has 684 valence electrons. The molecule has 0 aromatic rings. The highest BCUT2D eigenvalue weighted by atomic mass is 16.6. The highest BCUT2D eigenvalue weighted by Gasteiger charge is 2.18. The van der Waals surface area contributed by atoms with Gasteiger partial charge in [0.25, 0.3) is 0 Å². The second-order valence-corrected chi connectivity index (χ2v) is 33.2. The van der Waals surface area contributed by atoms with Crippen LogP contribution in [0.3, 0.4) is 0 Å². The second kappa shape index (κ2) is 106. The number of carbonyl (C=O) groups excluding carboxylic acids is 6. The predicted octanol–water partition coefficient (Wildman–Crippen LogP) is 33.8. The van der Waals surface area contributed by atoms with Crippen molar-refractivity contribution in [3.63, 3.8) is 0 Å². The average Bonchev–Trinajstić information content (AvgIpc) is 1.01. The van der Waals surface area contributed by atoms with E-state index in [0.29, 0.717) is 38.5 Å². The first kappa shape index (κ1) is 122. The number of unbranched alkanes of at least 4 members (excludes halogenated alkanes) is 42. The van der Waals surface area contributed by atoms with Crippen LogP contribution in [0.4, 0.5) is 0 Å². The molecule has 0 aliphatic rings. The highest BCUT2D eigenvalue weighted by Crippen LogP contribution is 2.21. The first-order valence-electron chi connectivity index (χ1n) is 50.6. The Kier molecular flexibility index (Phi) is 113. The van der Waals surface area contributed by atoms with Crippen LogP contribution in [0.15, 0.2) is 0 Å². The maximum absolute atomic E-state index is 11.7. The number of rotatable bonds is 78. The third-order valence-corrected chi connectivity index (χ3v) is 21.7. The van der Waals surface area contributed by atoms with E-state index in [4.69, 9.17) is 28.4 Å². The SMILES string of the molecule is CCCCCCCCC(=O)OC(CC)CCCCC.CCCCCCCCC(=O)OC(CC)CCCCC.CCCCCCCCC(=O)OC(CC)CCCCC.CCCCCCCCC(=O)OC(CC)CCCCC.CCCCCCCCC(=O)OC(CC)CCCCC.CCCCCCCCC(=O)OC(CC)CCCCC. The molecule has 0 aromatic carbocycles. The molecule has 0 aromatic heterocycles. The number of carbonyl (C=O) groups is 6. The summed E-state index contributed by atoms with van der Waals surface area (Å²) in [6.07, 6.45) is 82.3. The predicted molar refractivity (Wildman–Crippen MR) is 494 cm³/mol. The first-order chi connectivity index (χ1) is 55.4. The van der Waals surface area contributed by atoms with Crippen molar-refractivity contribution in [2.75, 3.05) is 0 Å². The zero-order valence-corrected chi connectivity index (χ0v) is 80.3. The minimum absolute atomic E-state index is 0.0128. The van der Waals surface area contributed by atoms with E-state index in [0.717, 1.165) is 116 Å². The molecule has 12 nitrogen and oxygen atoms in total. The van der Waals surface area contributed by atoms with E-state index in [1.165, 1.54) is 308 Å². The molecular formula is C102H204O12. The second-order valence-electron chi connectivity index (χ2n) is 33.2. The van der Waals surface area contributed by atoms with Gasteiger partial charge in [-0.15, -0.1) is 0 Å². The van der Waals surface area contributed by atoms with Crippen LogP contribution in [0.5, 0.6) is 0 Å². The van der Waals surface area contributed by atoms with Gasteiger partial charge in [-0.25, -0.2) is 0 Å². The van der Waals surface area contributed by atoms with Crippen LogP contribution in [0, 0.1) is 0 Å². The van der Waals surface area contributed by atoms with E-state index >= 15 is 0 Å². The third kappa shape index (κ3) is 103. The van der Waals surface area contributed by atoms with Gasteiger partial charge >= 0.3 is 35.8 Å². The fourth-order valence-electron chi connectivity index (χ4n) is 13.6. The molecule has 0 N–H and O–H groups in total. The Bertz CT molecular complexity index is 1550. The molecule has 0 aliphatic heterocycles. The normalized spacial score (nSPS) is 12.4. The molecule has 114 heavy (non-hydrogen) atoms. The average molecular weight is 1620 g/mol. The van der Waals surface area contributed by atoms with Gasteiger partial charge < -0.3 is 28.4 Å². The number of hydrogen-bond donors (Lipinski definition) is 0. The Morgan fingerprint density at radius 2 is 0.237 bits per heavy atom. The lowest BCUT2D eigenvalue weighted by Gasteiger charge is -2.16. The van der Waals surface area contributed by atoms with E-state index in [1.54, 1.807) is 0 Å². The van der Waals surface area contributed by atoms with Gasteiger partial charge in [-0.05, 0) is 154 Å². The van der Waals surface area contributed by atoms with Crippen LogP contribution in [0.2, 0.25) is 0 Å². The van der Waals surface area contributed by atoms with Crippen molar-refractivity contribution in [2.24, 2.45) is 0 Å². The Labute approximate surface area is 712 Å². The standard InChI is InChI=1S/6C17H34O2/c6*1-4-7-9-10-11-13-15-17(18)19-16(6-3)14-12-8-5-2/h6*16H,4-15H2,1-3H3. The van der Waals surface area contributed by atoms with Crippen molar-refractivity contribution >= 4 is 35.8 Å². The molecule has 0 amide bonds. The minimum Gasteiger partial charge on any atom is -0.462 e. The van der Waals surface area contributed by atoms with Crippen molar-refractivity contribution < 1.29 is 57.2 Å². The van der Waals surface area contributed by atoms with Gasteiger partial charge in [0.1, 0.15) is 36.6 Å². The quantitative estimate of drug-likeness (QED) is 0.0323. The molecule has 0 heterocycles. The summed E-state index contributed by atoms with van der Waals surface area (Å²) >= 11 is 0. The zero-order valence-electron chi connectivity index (χ0n) is 80.3. The smallest absolute Gasteiger partial charge is 0.306 e. The third-order valence-electron chi connectivity index (χ3n) is 21.7. The molecule has 12 heteroatoms. The lowest BCUT2D eigenvalue weighted by Crippen LogP contribution is -2.17. The van der Waals surface area contributed by atoms with E-state index in [9.17, 15) is 28.8 Å². The molecular weight excluding hydrogens is 1420 g/mol. The Balaban J connectivity index is -0.000000307. The van der Waals surface area contributed by atoms with Gasteiger partial charge in [0.2, 0.25) is 0 Å². The summed E-state index contributed by atoms with van der Waals surface area (Å²) < 4.78 is 33.2. The van der Waals surface area contributed by atoms with Crippen LogP contribution in [0.1, 0.15) is 587 Å². The van der Waals surface area contributed by atoms with Crippen LogP contribution in [0.25, 0.3) is 0 Å². The van der Waals surface area contributed by atoms with E-state index < -0.39 is 0 Å². The highest BCUT2D eigenvalue weighted by molar-refractivity contribution is 5.71. The van der Waals surface area contributed by atoms with Gasteiger partial charge in [-0.1, -0.05) is 394 Å². The molecule has 0 radical (unpaired) electrons. The van der Waals surface area contributed by atoms with E-state index in [1.807, 2.05) is 0 Å². The molecule has 0 fully saturated rings. The first-order valence-corrected chi connectivity index (χ1v) is 50.6. The molecule has 0 spiro atoms. The molecule has 6 unspecified atom stereocenters. The zero-order chi connectivity index (χ0) is 86.1. The molecule has 0 bridgehead atoms. The fourth-order valence-corrected chi connectivity index (χ4v) is 13.6. The van der Waals surface area contributed by atoms with Crippen LogP contribution < -0.4 is 0 Å². The van der Waals surface area contributed by atoms with Crippen molar-refractivity contribution in [1.29, 1.82) is 0 Å². The minimum atomic E-state index is 0.0128. The Morgan fingerprint density at radius 3 is 0.342 bits per heavy atom. The van der Waals surface area contributed by atoms with Gasteiger partial charge in [-0.3, -0.25) is 28.8 Å². The summed E-state index contributed by atoms with van der Waals surface area (Å²) in [5, 5.41) is 0. The van der Waals surface area contributed by atoms with Crippen molar-refractivity contribution in [3.05, 3.63) is 0 Å².